The summed E-state index contributed by atoms with van der Waals surface area (Å²) in [5.74, 6) is 0.607. The molecule has 20 heavy (non-hydrogen) atoms. The normalized spacial score (nSPS) is 25.0. The second kappa shape index (κ2) is 6.17. The molecule has 1 aliphatic heterocycles. The summed E-state index contributed by atoms with van der Waals surface area (Å²) >= 11 is 3.23. The molecule has 1 aliphatic rings. The van der Waals surface area contributed by atoms with E-state index in [4.69, 9.17) is 4.42 Å². The van der Waals surface area contributed by atoms with Gasteiger partial charge in [-0.3, -0.25) is 0 Å². The fourth-order valence-electron chi connectivity index (χ4n) is 2.82. The third-order valence-corrected chi connectivity index (χ3v) is 6.71. The molecular formula is C13H21BrN2O3S. The van der Waals surface area contributed by atoms with E-state index in [1.54, 1.807) is 17.4 Å². The van der Waals surface area contributed by atoms with E-state index in [9.17, 15) is 8.42 Å². The fraction of sp³-hybridized carbons (Fsp3) is 0.692. The molecule has 0 bridgehead atoms. The molecule has 1 aromatic heterocycles. The molecule has 2 atom stereocenters. The summed E-state index contributed by atoms with van der Waals surface area (Å²) in [6, 6.07) is 1.65. The molecule has 2 heterocycles. The monoisotopic (exact) mass is 364 g/mol. The maximum Gasteiger partial charge on any atom is 0.247 e. The zero-order chi connectivity index (χ0) is 14.9. The van der Waals surface area contributed by atoms with E-state index in [0.717, 1.165) is 19.3 Å². The molecule has 0 unspecified atom stereocenters. The van der Waals surface area contributed by atoms with Crippen LogP contribution in [0.25, 0.3) is 0 Å². The molecule has 0 spiro atoms. The van der Waals surface area contributed by atoms with E-state index in [-0.39, 0.29) is 21.6 Å². The number of hydrogen-bond donors (Lipinski definition) is 1. The fourth-order valence-corrected chi connectivity index (χ4v) is 5.67. The molecule has 1 N–H and O–H groups in total. The molecule has 0 aromatic carbocycles. The molecule has 1 fully saturated rings. The summed E-state index contributed by atoms with van der Waals surface area (Å²) in [5.41, 5.74) is 0. The summed E-state index contributed by atoms with van der Waals surface area (Å²) in [7, 11) is -1.73. The number of sulfonamides is 1. The minimum Gasteiger partial charge on any atom is -0.452 e. The number of rotatable bonds is 4. The van der Waals surface area contributed by atoms with Gasteiger partial charge in [0.1, 0.15) is 10.7 Å². The average molecular weight is 365 g/mol. The molecule has 1 saturated heterocycles. The largest absolute Gasteiger partial charge is 0.452 e. The van der Waals surface area contributed by atoms with Crippen molar-refractivity contribution in [3.8, 4) is 0 Å². The highest BCUT2D eigenvalue weighted by molar-refractivity contribution is 9.10. The van der Waals surface area contributed by atoms with E-state index in [1.165, 1.54) is 0 Å². The van der Waals surface area contributed by atoms with Crippen molar-refractivity contribution in [2.45, 2.75) is 56.6 Å². The van der Waals surface area contributed by atoms with Crippen molar-refractivity contribution in [1.29, 1.82) is 0 Å². The van der Waals surface area contributed by atoms with Gasteiger partial charge in [-0.05, 0) is 49.7 Å². The van der Waals surface area contributed by atoms with Crippen LogP contribution in [0.5, 0.6) is 0 Å². The van der Waals surface area contributed by atoms with Crippen LogP contribution in [0.4, 0.5) is 0 Å². The predicted octanol–water partition coefficient (Wildman–Crippen LogP) is 2.71. The molecule has 7 heteroatoms. The number of halogens is 1. The van der Waals surface area contributed by atoms with Crippen LogP contribution in [0.3, 0.4) is 0 Å². The van der Waals surface area contributed by atoms with Gasteiger partial charge in [-0.25, -0.2) is 8.42 Å². The number of hydrogen-bond acceptors (Lipinski definition) is 4. The maximum absolute atomic E-state index is 12.9. The zero-order valence-electron chi connectivity index (χ0n) is 12.0. The van der Waals surface area contributed by atoms with Gasteiger partial charge in [0.25, 0.3) is 0 Å². The number of nitrogens with one attached hydrogen (secondary N) is 1. The van der Waals surface area contributed by atoms with Crippen LogP contribution in [-0.4, -0.2) is 31.9 Å². The summed E-state index contributed by atoms with van der Waals surface area (Å²) in [6.07, 6.45) is 2.89. The molecule has 0 amide bonds. The van der Waals surface area contributed by atoms with Gasteiger partial charge in [-0.15, -0.1) is 0 Å². The van der Waals surface area contributed by atoms with Gasteiger partial charge < -0.3 is 9.73 Å². The second-order valence-corrected chi connectivity index (χ2v) is 7.88. The third kappa shape index (κ3) is 2.95. The number of furan rings is 1. The van der Waals surface area contributed by atoms with Crippen LogP contribution >= 0.6 is 15.9 Å². The Morgan fingerprint density at radius 3 is 2.55 bits per heavy atom. The van der Waals surface area contributed by atoms with Crippen molar-refractivity contribution in [2.24, 2.45) is 0 Å². The van der Waals surface area contributed by atoms with Crippen molar-refractivity contribution in [3.63, 3.8) is 0 Å². The molecule has 0 radical (unpaired) electrons. The summed E-state index contributed by atoms with van der Waals surface area (Å²) in [4.78, 5) is 0.225. The quantitative estimate of drug-likeness (QED) is 0.891. The van der Waals surface area contributed by atoms with Crippen molar-refractivity contribution in [2.75, 3.05) is 7.05 Å². The standard InChI is InChI=1S/C13H21BrN2O3S/c1-9-5-4-6-10(2)16(9)20(17,18)12-7-11(8-15-3)19-13(12)14/h7,9-10,15H,4-6,8H2,1-3H3/t9-,10+. The molecule has 0 aliphatic carbocycles. The first kappa shape index (κ1) is 16.0. The van der Waals surface area contributed by atoms with Crippen LogP contribution in [0.1, 0.15) is 38.9 Å². The first-order chi connectivity index (χ1) is 9.37. The van der Waals surface area contributed by atoms with Crippen LogP contribution in [0, 0.1) is 0 Å². The van der Waals surface area contributed by atoms with E-state index in [0.29, 0.717) is 12.3 Å². The topological polar surface area (TPSA) is 62.6 Å². The predicted molar refractivity (Wildman–Crippen MR) is 81.0 cm³/mol. The molecular weight excluding hydrogens is 344 g/mol. The van der Waals surface area contributed by atoms with Gasteiger partial charge in [-0.1, -0.05) is 6.42 Å². The van der Waals surface area contributed by atoms with E-state index < -0.39 is 10.0 Å². The Hall–Kier alpha value is -0.370. The molecule has 5 nitrogen and oxygen atoms in total. The Bertz CT molecular complexity index is 560. The average Bonchev–Trinajstić information content (AvgIpc) is 2.71. The van der Waals surface area contributed by atoms with Crippen LogP contribution in [0.15, 0.2) is 20.0 Å². The van der Waals surface area contributed by atoms with Gasteiger partial charge in [0, 0.05) is 18.2 Å². The lowest BCUT2D eigenvalue weighted by atomic mass is 10.0. The third-order valence-electron chi connectivity index (χ3n) is 3.73. The highest BCUT2D eigenvalue weighted by Gasteiger charge is 2.37. The molecule has 1 aromatic rings. The van der Waals surface area contributed by atoms with E-state index in [2.05, 4.69) is 21.2 Å². The summed E-state index contributed by atoms with van der Waals surface area (Å²) in [5, 5.41) is 2.95. The zero-order valence-corrected chi connectivity index (χ0v) is 14.4. The Labute approximate surface area is 128 Å². The molecule has 114 valence electrons. The van der Waals surface area contributed by atoms with Crippen LogP contribution in [0.2, 0.25) is 0 Å². The van der Waals surface area contributed by atoms with Gasteiger partial charge in [-0.2, -0.15) is 4.31 Å². The number of nitrogens with zero attached hydrogens (tertiary/aromatic N) is 1. The smallest absolute Gasteiger partial charge is 0.247 e. The minimum atomic E-state index is -3.52. The van der Waals surface area contributed by atoms with Crippen LogP contribution < -0.4 is 5.32 Å². The SMILES string of the molecule is CNCc1cc(S(=O)(=O)N2[C@H](C)CCC[C@@H]2C)c(Br)o1. The Morgan fingerprint density at radius 1 is 1.40 bits per heavy atom. The highest BCUT2D eigenvalue weighted by Crippen LogP contribution is 2.34. The van der Waals surface area contributed by atoms with Crippen molar-refractivity contribution in [3.05, 3.63) is 16.5 Å². The highest BCUT2D eigenvalue weighted by atomic mass is 79.9. The van der Waals surface area contributed by atoms with Gasteiger partial charge >= 0.3 is 0 Å². The first-order valence-electron chi connectivity index (χ1n) is 6.84. The van der Waals surface area contributed by atoms with Crippen LogP contribution in [-0.2, 0) is 16.6 Å². The van der Waals surface area contributed by atoms with Crippen molar-refractivity contribution >= 4 is 26.0 Å². The molecule has 0 saturated carbocycles. The first-order valence-corrected chi connectivity index (χ1v) is 9.07. The lowest BCUT2D eigenvalue weighted by Crippen LogP contribution is -2.47. The molecule has 2 rings (SSSR count). The lowest BCUT2D eigenvalue weighted by Gasteiger charge is -2.37. The Balaban J connectivity index is 2.38. The second-order valence-electron chi connectivity index (χ2n) is 5.34. The van der Waals surface area contributed by atoms with E-state index in [1.807, 2.05) is 13.8 Å². The lowest BCUT2D eigenvalue weighted by molar-refractivity contribution is 0.204. The Morgan fingerprint density at radius 2 is 2.00 bits per heavy atom. The van der Waals surface area contributed by atoms with Gasteiger partial charge in [0.2, 0.25) is 10.0 Å². The van der Waals surface area contributed by atoms with Gasteiger partial charge in [0.05, 0.1) is 6.54 Å². The maximum atomic E-state index is 12.9. The number of piperidine rings is 1. The van der Waals surface area contributed by atoms with Gasteiger partial charge in [0.15, 0.2) is 4.67 Å². The Kier molecular flexibility index (Phi) is 4.94. The van der Waals surface area contributed by atoms with E-state index >= 15 is 0 Å². The van der Waals surface area contributed by atoms with Crippen molar-refractivity contribution in [1.82, 2.24) is 9.62 Å². The summed E-state index contributed by atoms with van der Waals surface area (Å²) in [6.45, 7) is 4.44. The van der Waals surface area contributed by atoms with Crippen molar-refractivity contribution < 1.29 is 12.8 Å². The summed E-state index contributed by atoms with van der Waals surface area (Å²) < 4.78 is 33.1. The minimum absolute atomic E-state index is 0.0262.